The van der Waals surface area contributed by atoms with E-state index in [1.807, 2.05) is 0 Å². The molecule has 9 heteroatoms. The molecule has 36 heavy (non-hydrogen) atoms. The van der Waals surface area contributed by atoms with Gasteiger partial charge in [0.15, 0.2) is 11.5 Å². The van der Waals surface area contributed by atoms with Crippen molar-refractivity contribution in [1.29, 1.82) is 0 Å². The number of aliphatic hydroxyl groups excluding tert-OH is 1. The number of esters is 1. The van der Waals surface area contributed by atoms with Gasteiger partial charge in [-0.2, -0.15) is 0 Å². The van der Waals surface area contributed by atoms with Crippen molar-refractivity contribution in [3.63, 3.8) is 0 Å². The number of hydrogen-bond acceptors (Lipinski definition) is 8. The number of aliphatic hydroxyl groups is 1. The third-order valence-corrected chi connectivity index (χ3v) is 5.97. The normalized spacial score (nSPS) is 17.9. The van der Waals surface area contributed by atoms with Crippen LogP contribution < -0.4 is 9.47 Å². The molecule has 0 aliphatic carbocycles. The van der Waals surface area contributed by atoms with Gasteiger partial charge in [0.25, 0.3) is 11.7 Å². The second-order valence-electron chi connectivity index (χ2n) is 8.17. The zero-order valence-corrected chi connectivity index (χ0v) is 19.3. The van der Waals surface area contributed by atoms with E-state index in [9.17, 15) is 19.5 Å². The molecule has 0 bridgehead atoms. The smallest absolute Gasteiger partial charge is 0.338 e. The number of rotatable bonds is 6. The number of likely N-dealkylation sites (tertiary alicyclic amines) is 1. The minimum atomic E-state index is -0.915. The van der Waals surface area contributed by atoms with Crippen LogP contribution in [0.15, 0.2) is 72.4 Å². The fourth-order valence-corrected chi connectivity index (χ4v) is 4.24. The molecule has 1 aromatic heterocycles. The summed E-state index contributed by atoms with van der Waals surface area (Å²) in [6.07, 6.45) is 1.56. The first-order chi connectivity index (χ1) is 17.5. The number of Topliss-reactive ketones (excluding diaryl/α,β-unsaturated/α-hetero) is 1. The lowest BCUT2D eigenvalue weighted by Crippen LogP contribution is -2.29. The highest BCUT2D eigenvalue weighted by molar-refractivity contribution is 6.46. The summed E-state index contributed by atoms with van der Waals surface area (Å²) < 4.78 is 15.7. The van der Waals surface area contributed by atoms with Crippen LogP contribution in [0.1, 0.15) is 40.1 Å². The second-order valence-corrected chi connectivity index (χ2v) is 8.17. The molecule has 9 nitrogen and oxygen atoms in total. The molecule has 1 amide bonds. The summed E-state index contributed by atoms with van der Waals surface area (Å²) in [7, 11) is 0. The molecule has 1 saturated heterocycles. The largest absolute Gasteiger partial charge is 0.507 e. The summed E-state index contributed by atoms with van der Waals surface area (Å²) >= 11 is 0. The SMILES string of the molecule is CCOC(=O)c1ccc(CN2C(=O)C(=O)/C(=C(\O)c3ccc4c(c3)OCO4)C2c2ccccn2)cc1. The average Bonchev–Trinajstić information content (AvgIpc) is 3.47. The Morgan fingerprint density at radius 3 is 2.53 bits per heavy atom. The van der Waals surface area contributed by atoms with E-state index < -0.39 is 23.7 Å². The zero-order valence-electron chi connectivity index (χ0n) is 19.3. The fourth-order valence-electron chi connectivity index (χ4n) is 4.24. The third kappa shape index (κ3) is 4.15. The Kier molecular flexibility index (Phi) is 6.12. The van der Waals surface area contributed by atoms with Gasteiger partial charge in [0, 0.05) is 18.3 Å². The summed E-state index contributed by atoms with van der Waals surface area (Å²) in [6, 6.07) is 15.6. The molecular weight excluding hydrogens is 464 g/mol. The summed E-state index contributed by atoms with van der Waals surface area (Å²) in [4.78, 5) is 44.1. The highest BCUT2D eigenvalue weighted by atomic mass is 16.7. The van der Waals surface area contributed by atoms with E-state index in [0.29, 0.717) is 33.9 Å². The van der Waals surface area contributed by atoms with Crippen molar-refractivity contribution in [3.05, 3.63) is 94.8 Å². The summed E-state index contributed by atoms with van der Waals surface area (Å²) in [6.45, 7) is 2.11. The van der Waals surface area contributed by atoms with Gasteiger partial charge in [0.2, 0.25) is 6.79 Å². The molecule has 0 spiro atoms. The number of fused-ring (bicyclic) bond motifs is 1. The molecule has 2 aliphatic rings. The van der Waals surface area contributed by atoms with Gasteiger partial charge in [-0.3, -0.25) is 14.6 Å². The van der Waals surface area contributed by atoms with Gasteiger partial charge in [-0.25, -0.2) is 4.79 Å². The minimum Gasteiger partial charge on any atom is -0.507 e. The van der Waals surface area contributed by atoms with Crippen molar-refractivity contribution >= 4 is 23.4 Å². The number of ether oxygens (including phenoxy) is 3. The Morgan fingerprint density at radius 2 is 1.81 bits per heavy atom. The molecule has 182 valence electrons. The number of nitrogens with zero attached hydrogens (tertiary/aromatic N) is 2. The van der Waals surface area contributed by atoms with Crippen molar-refractivity contribution in [2.75, 3.05) is 13.4 Å². The molecule has 1 unspecified atom stereocenters. The van der Waals surface area contributed by atoms with E-state index in [2.05, 4.69) is 4.98 Å². The lowest BCUT2D eigenvalue weighted by atomic mass is 9.98. The van der Waals surface area contributed by atoms with Gasteiger partial charge in [0.1, 0.15) is 11.8 Å². The quantitative estimate of drug-likeness (QED) is 0.243. The first-order valence-electron chi connectivity index (χ1n) is 11.3. The van der Waals surface area contributed by atoms with Crippen LogP contribution in [0, 0.1) is 0 Å². The molecule has 1 N–H and O–H groups in total. The van der Waals surface area contributed by atoms with Crippen LogP contribution in [-0.2, 0) is 20.9 Å². The van der Waals surface area contributed by atoms with Gasteiger partial charge in [0.05, 0.1) is 23.4 Å². The molecule has 0 saturated carbocycles. The Bertz CT molecular complexity index is 1370. The summed E-state index contributed by atoms with van der Waals surface area (Å²) in [5.74, 6) is -1.39. The zero-order chi connectivity index (χ0) is 25.2. The van der Waals surface area contributed by atoms with Crippen molar-refractivity contribution < 1.29 is 33.7 Å². The molecule has 1 fully saturated rings. The number of benzene rings is 2. The van der Waals surface area contributed by atoms with Crippen LogP contribution in [0.2, 0.25) is 0 Å². The molecule has 1 atom stereocenters. The van der Waals surface area contributed by atoms with Crippen molar-refractivity contribution in [3.8, 4) is 11.5 Å². The second kappa shape index (κ2) is 9.53. The Morgan fingerprint density at radius 1 is 1.06 bits per heavy atom. The predicted molar refractivity (Wildman–Crippen MR) is 127 cm³/mol. The highest BCUT2D eigenvalue weighted by Gasteiger charge is 2.46. The maximum atomic E-state index is 13.2. The average molecular weight is 486 g/mol. The number of carbonyl (C=O) groups is 3. The van der Waals surface area contributed by atoms with Gasteiger partial charge in [-0.1, -0.05) is 18.2 Å². The molecule has 5 rings (SSSR count). The van der Waals surface area contributed by atoms with Crippen molar-refractivity contribution in [1.82, 2.24) is 9.88 Å². The Balaban J connectivity index is 1.53. The lowest BCUT2D eigenvalue weighted by Gasteiger charge is -2.24. The molecule has 3 aromatic rings. The third-order valence-electron chi connectivity index (χ3n) is 5.97. The summed E-state index contributed by atoms with van der Waals surface area (Å²) in [5, 5.41) is 11.2. The maximum absolute atomic E-state index is 13.2. The van der Waals surface area contributed by atoms with Crippen LogP contribution in [0.3, 0.4) is 0 Å². The van der Waals surface area contributed by atoms with Crippen LogP contribution in [0.4, 0.5) is 0 Å². The molecule has 2 aliphatic heterocycles. The van der Waals surface area contributed by atoms with E-state index in [1.165, 1.54) is 4.90 Å². The van der Waals surface area contributed by atoms with Crippen LogP contribution in [0.25, 0.3) is 5.76 Å². The number of ketones is 1. The fraction of sp³-hybridized carbons (Fsp3) is 0.185. The number of pyridine rings is 1. The topological polar surface area (TPSA) is 115 Å². The van der Waals surface area contributed by atoms with Crippen molar-refractivity contribution in [2.45, 2.75) is 19.5 Å². The van der Waals surface area contributed by atoms with Crippen molar-refractivity contribution in [2.24, 2.45) is 0 Å². The van der Waals surface area contributed by atoms with E-state index >= 15 is 0 Å². The number of aromatic nitrogens is 1. The van der Waals surface area contributed by atoms with Gasteiger partial charge in [-0.05, 0) is 55.0 Å². The predicted octanol–water partition coefficient (Wildman–Crippen LogP) is 3.61. The highest BCUT2D eigenvalue weighted by Crippen LogP contribution is 2.41. The van der Waals surface area contributed by atoms with E-state index in [0.717, 1.165) is 0 Å². The first kappa shape index (κ1) is 23.1. The minimum absolute atomic E-state index is 0.0623. The number of carbonyl (C=O) groups excluding carboxylic acids is 3. The Labute approximate surface area is 206 Å². The molecule has 3 heterocycles. The van der Waals surface area contributed by atoms with E-state index in [1.54, 1.807) is 73.8 Å². The molecular formula is C27H22N2O7. The first-order valence-corrected chi connectivity index (χ1v) is 11.3. The van der Waals surface area contributed by atoms with E-state index in [4.69, 9.17) is 14.2 Å². The lowest BCUT2D eigenvalue weighted by molar-refractivity contribution is -0.140. The number of hydrogen-bond donors (Lipinski definition) is 1. The van der Waals surface area contributed by atoms with Gasteiger partial charge < -0.3 is 24.2 Å². The molecule has 0 radical (unpaired) electrons. The van der Waals surface area contributed by atoms with Crippen LogP contribution >= 0.6 is 0 Å². The number of amides is 1. The Hall–Kier alpha value is -4.66. The molecule has 2 aromatic carbocycles. The monoisotopic (exact) mass is 486 g/mol. The van der Waals surface area contributed by atoms with Gasteiger partial charge >= 0.3 is 5.97 Å². The van der Waals surface area contributed by atoms with E-state index in [-0.39, 0.29) is 31.3 Å². The maximum Gasteiger partial charge on any atom is 0.338 e. The standard InChI is InChI=1S/C27H22N2O7/c1-2-34-27(33)17-8-6-16(7-9-17)14-29-23(19-5-3-4-12-28-19)22(25(31)26(29)32)24(30)18-10-11-20-21(13-18)36-15-35-20/h3-13,23,30H,2,14-15H2,1H3/b24-22-. The summed E-state index contributed by atoms with van der Waals surface area (Å²) in [5.41, 5.74) is 1.75. The van der Waals surface area contributed by atoms with Crippen LogP contribution in [0.5, 0.6) is 11.5 Å². The van der Waals surface area contributed by atoms with Crippen LogP contribution in [-0.4, -0.2) is 46.0 Å². The van der Waals surface area contributed by atoms with Gasteiger partial charge in [-0.15, -0.1) is 0 Å².